The maximum Gasteiger partial charge on any atom is 0.266 e. The summed E-state index contributed by atoms with van der Waals surface area (Å²) in [6.45, 7) is 1.80. The summed E-state index contributed by atoms with van der Waals surface area (Å²) in [5.74, 6) is -0.0838. The fourth-order valence-electron chi connectivity index (χ4n) is 2.29. The molecule has 2 aromatic carbocycles. The van der Waals surface area contributed by atoms with Crippen molar-refractivity contribution in [2.24, 2.45) is 0 Å². The topological polar surface area (TPSA) is 66.0 Å². The minimum absolute atomic E-state index is 0.0556. The lowest BCUT2D eigenvalue weighted by Crippen LogP contribution is -2.14. The van der Waals surface area contributed by atoms with E-state index in [1.165, 1.54) is 17.8 Å². The number of benzene rings is 2. The Bertz CT molecular complexity index is 1040. The van der Waals surface area contributed by atoms with Gasteiger partial charge in [0.05, 0.1) is 0 Å². The van der Waals surface area contributed by atoms with E-state index < -0.39 is 5.91 Å². The maximum absolute atomic E-state index is 12.4. The van der Waals surface area contributed by atoms with Gasteiger partial charge in [-0.3, -0.25) is 4.79 Å². The van der Waals surface area contributed by atoms with E-state index in [-0.39, 0.29) is 5.57 Å². The Balaban J connectivity index is 1.75. The molecule has 3 rings (SSSR count). The summed E-state index contributed by atoms with van der Waals surface area (Å²) >= 11 is 7.53. The van der Waals surface area contributed by atoms with Crippen molar-refractivity contribution in [3.8, 4) is 6.07 Å². The van der Waals surface area contributed by atoms with Gasteiger partial charge in [-0.25, -0.2) is 0 Å². The van der Waals surface area contributed by atoms with Crippen molar-refractivity contribution in [2.45, 2.75) is 16.9 Å². The third-order valence-corrected chi connectivity index (χ3v) is 5.07. The fraction of sp³-hybridized carbons (Fsp3) is 0.0476. The lowest BCUT2D eigenvalue weighted by atomic mass is 10.1. The number of anilines is 1. The largest absolute Gasteiger partial charge is 0.450 e. The van der Waals surface area contributed by atoms with E-state index in [1.807, 2.05) is 36.4 Å². The first-order chi connectivity index (χ1) is 13.1. The molecule has 0 unspecified atom stereocenters. The van der Waals surface area contributed by atoms with Crippen LogP contribution in [0.4, 0.5) is 5.69 Å². The van der Waals surface area contributed by atoms with Crippen LogP contribution in [0.1, 0.15) is 11.3 Å². The van der Waals surface area contributed by atoms with Gasteiger partial charge in [0.1, 0.15) is 17.4 Å². The first-order valence-electron chi connectivity index (χ1n) is 8.08. The number of hydrogen-bond donors (Lipinski definition) is 1. The van der Waals surface area contributed by atoms with Gasteiger partial charge in [-0.1, -0.05) is 47.6 Å². The maximum atomic E-state index is 12.4. The molecular weight excluding hydrogens is 380 g/mol. The number of nitrogens with one attached hydrogen (secondary N) is 1. The summed E-state index contributed by atoms with van der Waals surface area (Å²) < 4.78 is 5.70. The number of rotatable bonds is 5. The first-order valence-corrected chi connectivity index (χ1v) is 9.27. The molecule has 0 aliphatic heterocycles. The molecule has 3 aromatic rings. The third-order valence-electron chi connectivity index (χ3n) is 3.73. The minimum atomic E-state index is -0.517. The summed E-state index contributed by atoms with van der Waals surface area (Å²) in [5, 5.41) is 13.3. The highest BCUT2D eigenvalue weighted by atomic mass is 35.5. The zero-order chi connectivity index (χ0) is 19.2. The van der Waals surface area contributed by atoms with Crippen LogP contribution in [-0.4, -0.2) is 5.91 Å². The predicted molar refractivity (Wildman–Crippen MR) is 108 cm³/mol. The van der Waals surface area contributed by atoms with Crippen molar-refractivity contribution in [1.82, 2.24) is 0 Å². The number of nitriles is 1. The molecule has 0 saturated carbocycles. The van der Waals surface area contributed by atoms with Crippen LogP contribution in [-0.2, 0) is 4.79 Å². The van der Waals surface area contributed by atoms with Gasteiger partial charge in [0.15, 0.2) is 5.09 Å². The minimum Gasteiger partial charge on any atom is -0.450 e. The highest BCUT2D eigenvalue weighted by molar-refractivity contribution is 7.99. The quantitative estimate of drug-likeness (QED) is 0.429. The number of hydrogen-bond acceptors (Lipinski definition) is 4. The summed E-state index contributed by atoms with van der Waals surface area (Å²) in [7, 11) is 0. The molecule has 0 fully saturated rings. The van der Waals surface area contributed by atoms with E-state index >= 15 is 0 Å². The lowest BCUT2D eigenvalue weighted by molar-refractivity contribution is -0.112. The molecule has 0 bridgehead atoms. The molecule has 0 aliphatic rings. The second-order valence-corrected chi connectivity index (χ2v) is 7.09. The van der Waals surface area contributed by atoms with Gasteiger partial charge in [-0.2, -0.15) is 5.26 Å². The molecule has 1 N–H and O–H groups in total. The van der Waals surface area contributed by atoms with E-state index in [1.54, 1.807) is 37.3 Å². The Hall–Kier alpha value is -2.94. The molecular formula is C21H15ClN2O2S. The Morgan fingerprint density at radius 3 is 2.67 bits per heavy atom. The van der Waals surface area contributed by atoms with Gasteiger partial charge in [0.25, 0.3) is 5.91 Å². The Kier molecular flexibility index (Phi) is 6.02. The van der Waals surface area contributed by atoms with Crippen LogP contribution >= 0.6 is 23.4 Å². The van der Waals surface area contributed by atoms with Gasteiger partial charge in [-0.15, -0.1) is 0 Å². The van der Waals surface area contributed by atoms with E-state index in [2.05, 4.69) is 5.32 Å². The van der Waals surface area contributed by atoms with Gasteiger partial charge in [-0.05, 0) is 48.9 Å². The van der Waals surface area contributed by atoms with Crippen LogP contribution in [0.2, 0.25) is 5.02 Å². The van der Waals surface area contributed by atoms with Crippen molar-refractivity contribution in [3.63, 3.8) is 0 Å². The molecule has 1 amide bonds. The molecule has 0 aliphatic carbocycles. The molecule has 1 heterocycles. The van der Waals surface area contributed by atoms with Crippen LogP contribution < -0.4 is 5.32 Å². The second kappa shape index (κ2) is 8.63. The van der Waals surface area contributed by atoms with E-state index in [4.69, 9.17) is 16.0 Å². The normalized spacial score (nSPS) is 11.1. The highest BCUT2D eigenvalue weighted by Gasteiger charge is 2.13. The summed E-state index contributed by atoms with van der Waals surface area (Å²) in [4.78, 5) is 13.5. The van der Waals surface area contributed by atoms with Crippen LogP contribution in [0, 0.1) is 18.3 Å². The molecule has 6 heteroatoms. The van der Waals surface area contributed by atoms with E-state index in [0.29, 0.717) is 21.6 Å². The number of amides is 1. The zero-order valence-corrected chi connectivity index (χ0v) is 16.0. The molecule has 27 heavy (non-hydrogen) atoms. The van der Waals surface area contributed by atoms with Crippen LogP contribution in [0.3, 0.4) is 0 Å². The molecule has 134 valence electrons. The van der Waals surface area contributed by atoms with E-state index in [9.17, 15) is 10.1 Å². The van der Waals surface area contributed by atoms with Gasteiger partial charge >= 0.3 is 0 Å². The number of nitrogens with zero attached hydrogens (tertiary/aromatic N) is 1. The predicted octanol–water partition coefficient (Wildman–Crippen LogP) is 5.94. The van der Waals surface area contributed by atoms with Crippen molar-refractivity contribution in [2.75, 3.05) is 5.32 Å². The average Bonchev–Trinajstić information content (AvgIpc) is 3.11. The molecule has 4 nitrogen and oxygen atoms in total. The van der Waals surface area contributed by atoms with Crippen molar-refractivity contribution in [1.29, 1.82) is 5.26 Å². The van der Waals surface area contributed by atoms with Crippen LogP contribution in [0.5, 0.6) is 0 Å². The molecule has 0 atom stereocenters. The van der Waals surface area contributed by atoms with Gasteiger partial charge < -0.3 is 9.73 Å². The number of halogens is 1. The average molecular weight is 395 g/mol. The highest BCUT2D eigenvalue weighted by Crippen LogP contribution is 2.29. The SMILES string of the molecule is Cc1c(Cl)cccc1NC(=O)C(C#N)=Cc1ccc(Sc2ccccc2)o1. The smallest absolute Gasteiger partial charge is 0.266 e. The van der Waals surface area contributed by atoms with Crippen LogP contribution in [0.25, 0.3) is 6.08 Å². The summed E-state index contributed by atoms with van der Waals surface area (Å²) in [6.07, 6.45) is 1.42. The fourth-order valence-corrected chi connectivity index (χ4v) is 3.27. The summed E-state index contributed by atoms with van der Waals surface area (Å²) in [5.41, 5.74) is 1.25. The lowest BCUT2D eigenvalue weighted by Gasteiger charge is -2.08. The molecule has 0 spiro atoms. The molecule has 0 saturated heterocycles. The van der Waals surface area contributed by atoms with Crippen LogP contribution in [0.15, 0.2) is 80.6 Å². The van der Waals surface area contributed by atoms with Crippen molar-refractivity contribution < 1.29 is 9.21 Å². The van der Waals surface area contributed by atoms with Gasteiger partial charge in [0.2, 0.25) is 0 Å². The standard InChI is InChI=1S/C21H15ClN2O2S/c1-14-18(22)8-5-9-19(14)24-21(25)15(13-23)12-16-10-11-20(26-16)27-17-6-3-2-4-7-17/h2-12H,1H3,(H,24,25). The number of furan rings is 1. The van der Waals surface area contributed by atoms with Gasteiger partial charge in [0, 0.05) is 21.7 Å². The molecule has 1 aromatic heterocycles. The monoisotopic (exact) mass is 394 g/mol. The number of carbonyl (C=O) groups excluding carboxylic acids is 1. The summed E-state index contributed by atoms with van der Waals surface area (Å²) in [6, 6.07) is 20.4. The Morgan fingerprint density at radius 2 is 1.93 bits per heavy atom. The first kappa shape index (κ1) is 18.8. The Morgan fingerprint density at radius 1 is 1.15 bits per heavy atom. The van der Waals surface area contributed by atoms with Crippen molar-refractivity contribution in [3.05, 3.63) is 82.6 Å². The number of carbonyl (C=O) groups is 1. The van der Waals surface area contributed by atoms with Crippen molar-refractivity contribution >= 4 is 41.0 Å². The zero-order valence-electron chi connectivity index (χ0n) is 14.4. The Labute approximate surface area is 166 Å². The van der Waals surface area contributed by atoms with E-state index in [0.717, 1.165) is 10.5 Å². The third kappa shape index (κ3) is 4.82. The molecule has 0 radical (unpaired) electrons. The second-order valence-electron chi connectivity index (χ2n) is 5.61.